The number of fused-ring (bicyclic) bond motifs is 1. The van der Waals surface area contributed by atoms with Gasteiger partial charge in [-0.2, -0.15) is 5.10 Å². The van der Waals surface area contributed by atoms with Crippen molar-refractivity contribution in [3.63, 3.8) is 0 Å². The normalized spacial score (nSPS) is 11.0. The van der Waals surface area contributed by atoms with E-state index in [1.54, 1.807) is 21.8 Å². The van der Waals surface area contributed by atoms with Gasteiger partial charge in [-0.3, -0.25) is 18.2 Å². The first-order valence-corrected chi connectivity index (χ1v) is 8.30. The molecule has 0 radical (unpaired) electrons. The van der Waals surface area contributed by atoms with Crippen molar-refractivity contribution in [1.82, 2.24) is 18.6 Å². The van der Waals surface area contributed by atoms with Crippen molar-refractivity contribution in [3.8, 4) is 0 Å². The van der Waals surface area contributed by atoms with Gasteiger partial charge in [0.1, 0.15) is 6.54 Å². The Balaban J connectivity index is 1.70. The number of carbonyl (C=O) groups is 1. The number of hydrogen-bond donors (Lipinski definition) is 0. The third kappa shape index (κ3) is 3.34. The third-order valence-electron chi connectivity index (χ3n) is 3.72. The summed E-state index contributed by atoms with van der Waals surface area (Å²) in [6, 6.07) is 9.29. The van der Waals surface area contributed by atoms with E-state index in [2.05, 4.69) is 5.10 Å². The van der Waals surface area contributed by atoms with Crippen LogP contribution in [0.15, 0.2) is 47.5 Å². The van der Waals surface area contributed by atoms with E-state index in [4.69, 9.17) is 0 Å². The monoisotopic (exact) mass is 330 g/mol. The number of amides is 1. The minimum atomic E-state index is -0.0953. The number of benzene rings is 1. The zero-order valence-electron chi connectivity index (χ0n) is 12.9. The molecule has 0 aliphatic carbocycles. The Hall–Kier alpha value is -2.41. The topological polar surface area (TPSA) is 60.1 Å². The van der Waals surface area contributed by atoms with E-state index in [9.17, 15) is 9.59 Å². The summed E-state index contributed by atoms with van der Waals surface area (Å²) in [5.74, 6) is -0.0479. The minimum absolute atomic E-state index is 0.0479. The van der Waals surface area contributed by atoms with E-state index >= 15 is 0 Å². The van der Waals surface area contributed by atoms with Crippen LogP contribution in [0.4, 0.5) is 0 Å². The van der Waals surface area contributed by atoms with Crippen LogP contribution in [0.2, 0.25) is 0 Å². The van der Waals surface area contributed by atoms with Crippen molar-refractivity contribution in [2.24, 2.45) is 0 Å². The lowest BCUT2D eigenvalue weighted by Gasteiger charge is -2.20. The van der Waals surface area contributed by atoms with Gasteiger partial charge in [0.05, 0.1) is 16.6 Å². The number of nitrogens with zero attached hydrogens (tertiary/aromatic N) is 4. The van der Waals surface area contributed by atoms with Crippen LogP contribution in [0, 0.1) is 0 Å². The van der Waals surface area contributed by atoms with Crippen LogP contribution in [0.25, 0.3) is 10.1 Å². The molecule has 0 saturated heterocycles. The highest BCUT2D eigenvalue weighted by Crippen LogP contribution is 2.15. The molecule has 0 fully saturated rings. The second kappa shape index (κ2) is 6.78. The second-order valence-corrected chi connectivity index (χ2v) is 6.23. The summed E-state index contributed by atoms with van der Waals surface area (Å²) in [6.07, 6.45) is 3.59. The maximum atomic E-state index is 12.5. The molecule has 2 heterocycles. The van der Waals surface area contributed by atoms with Crippen molar-refractivity contribution in [2.75, 3.05) is 13.1 Å². The molecule has 7 heteroatoms. The molecule has 0 unspecified atom stereocenters. The quantitative estimate of drug-likeness (QED) is 0.692. The first-order chi connectivity index (χ1) is 11.2. The van der Waals surface area contributed by atoms with Crippen LogP contribution >= 0.6 is 11.5 Å². The summed E-state index contributed by atoms with van der Waals surface area (Å²) in [5.41, 5.74) is -0.0953. The molecule has 6 nitrogen and oxygen atoms in total. The molecule has 0 aliphatic rings. The second-order valence-electron chi connectivity index (χ2n) is 5.17. The van der Waals surface area contributed by atoms with Gasteiger partial charge in [0.25, 0.3) is 5.56 Å². The molecule has 3 aromatic rings. The fourth-order valence-corrected chi connectivity index (χ4v) is 3.45. The van der Waals surface area contributed by atoms with Crippen LogP contribution in [0.5, 0.6) is 0 Å². The van der Waals surface area contributed by atoms with Crippen LogP contribution in [0.1, 0.15) is 6.92 Å². The van der Waals surface area contributed by atoms with Crippen molar-refractivity contribution in [3.05, 3.63) is 53.1 Å². The Morgan fingerprint density at radius 2 is 2.13 bits per heavy atom. The van der Waals surface area contributed by atoms with Gasteiger partial charge in [-0.05, 0) is 25.1 Å². The standard InChI is InChI=1S/C16H18N4O2S/c1-2-18(10-11-19-9-5-8-17-19)15(21)12-20-16(22)13-6-3-4-7-14(13)23-20/h3-9H,2,10-12H2,1H3. The first-order valence-electron chi connectivity index (χ1n) is 7.53. The number of hydrogen-bond acceptors (Lipinski definition) is 4. The zero-order valence-corrected chi connectivity index (χ0v) is 13.7. The van der Waals surface area contributed by atoms with E-state index < -0.39 is 0 Å². The Bertz CT molecular complexity index is 850. The maximum Gasteiger partial charge on any atom is 0.268 e. The average molecular weight is 330 g/mol. The zero-order chi connectivity index (χ0) is 16.2. The number of aromatic nitrogens is 3. The van der Waals surface area contributed by atoms with Gasteiger partial charge in [0.2, 0.25) is 5.91 Å². The van der Waals surface area contributed by atoms with E-state index in [0.29, 0.717) is 25.0 Å². The Morgan fingerprint density at radius 3 is 2.83 bits per heavy atom. The van der Waals surface area contributed by atoms with E-state index in [1.165, 1.54) is 15.5 Å². The van der Waals surface area contributed by atoms with Crippen LogP contribution in [-0.2, 0) is 17.9 Å². The predicted octanol–water partition coefficient (Wildman–Crippen LogP) is 1.81. The predicted molar refractivity (Wildman–Crippen MR) is 90.6 cm³/mol. The van der Waals surface area contributed by atoms with Crippen molar-refractivity contribution in [1.29, 1.82) is 0 Å². The smallest absolute Gasteiger partial charge is 0.268 e. The maximum absolute atomic E-state index is 12.5. The Morgan fingerprint density at radius 1 is 1.30 bits per heavy atom. The number of likely N-dealkylation sites (N-methyl/N-ethyl adjacent to an activating group) is 1. The molecular formula is C16H18N4O2S. The molecule has 0 atom stereocenters. The first kappa shape index (κ1) is 15.5. The van der Waals surface area contributed by atoms with Gasteiger partial charge in [0.15, 0.2) is 0 Å². The number of carbonyl (C=O) groups excluding carboxylic acids is 1. The highest BCUT2D eigenvalue weighted by molar-refractivity contribution is 7.13. The lowest BCUT2D eigenvalue weighted by molar-refractivity contribution is -0.131. The highest BCUT2D eigenvalue weighted by Gasteiger charge is 2.15. The Kier molecular flexibility index (Phi) is 4.57. The molecule has 3 rings (SSSR count). The van der Waals surface area contributed by atoms with E-state index in [0.717, 1.165) is 4.70 Å². The molecule has 0 N–H and O–H groups in total. The molecule has 0 bridgehead atoms. The molecule has 23 heavy (non-hydrogen) atoms. The van der Waals surface area contributed by atoms with Crippen LogP contribution < -0.4 is 5.56 Å². The van der Waals surface area contributed by atoms with Gasteiger partial charge in [-0.25, -0.2) is 0 Å². The van der Waals surface area contributed by atoms with Crippen LogP contribution in [-0.4, -0.2) is 37.6 Å². The molecule has 1 aromatic carbocycles. The fourth-order valence-electron chi connectivity index (χ4n) is 2.46. The van der Waals surface area contributed by atoms with Gasteiger partial charge in [0, 0.05) is 25.5 Å². The van der Waals surface area contributed by atoms with Gasteiger partial charge >= 0.3 is 0 Å². The molecule has 0 aliphatic heterocycles. The van der Waals surface area contributed by atoms with Crippen molar-refractivity contribution in [2.45, 2.75) is 20.0 Å². The summed E-state index contributed by atoms with van der Waals surface area (Å²) >= 11 is 1.34. The molecule has 0 spiro atoms. The molecule has 120 valence electrons. The lowest BCUT2D eigenvalue weighted by Crippen LogP contribution is -2.37. The van der Waals surface area contributed by atoms with E-state index in [1.807, 2.05) is 37.4 Å². The molecule has 1 amide bonds. The summed E-state index contributed by atoms with van der Waals surface area (Å²) < 4.78 is 4.23. The van der Waals surface area contributed by atoms with E-state index in [-0.39, 0.29) is 18.0 Å². The minimum Gasteiger partial charge on any atom is -0.340 e. The van der Waals surface area contributed by atoms with Crippen molar-refractivity contribution >= 4 is 27.5 Å². The average Bonchev–Trinajstić information content (AvgIpc) is 3.17. The Labute approximate surface area is 137 Å². The molecule has 0 saturated carbocycles. The third-order valence-corrected chi connectivity index (χ3v) is 4.79. The highest BCUT2D eigenvalue weighted by atomic mass is 32.1. The molecule has 2 aromatic heterocycles. The largest absolute Gasteiger partial charge is 0.340 e. The summed E-state index contributed by atoms with van der Waals surface area (Å²) in [4.78, 5) is 26.5. The van der Waals surface area contributed by atoms with Gasteiger partial charge in [-0.15, -0.1) is 0 Å². The summed E-state index contributed by atoms with van der Waals surface area (Å²) in [5, 5.41) is 4.81. The summed E-state index contributed by atoms with van der Waals surface area (Å²) in [6.45, 7) is 3.87. The van der Waals surface area contributed by atoms with Crippen molar-refractivity contribution < 1.29 is 4.79 Å². The number of rotatable bonds is 6. The SMILES string of the molecule is CCN(CCn1cccn1)C(=O)Cn1sc2ccccc2c1=O. The lowest BCUT2D eigenvalue weighted by atomic mass is 10.3. The van der Waals surface area contributed by atoms with Crippen LogP contribution in [0.3, 0.4) is 0 Å². The molecular weight excluding hydrogens is 312 g/mol. The summed E-state index contributed by atoms with van der Waals surface area (Å²) in [7, 11) is 0. The fraction of sp³-hybridized carbons (Fsp3) is 0.312. The van der Waals surface area contributed by atoms with Gasteiger partial charge < -0.3 is 4.90 Å². The van der Waals surface area contributed by atoms with Gasteiger partial charge in [-0.1, -0.05) is 23.7 Å².